The van der Waals surface area contributed by atoms with Crippen molar-refractivity contribution in [3.05, 3.63) is 65.5 Å². The zero-order valence-electron chi connectivity index (χ0n) is 14.9. The molecule has 0 saturated carbocycles. The number of pyridine rings is 1. The Hall–Kier alpha value is -2.27. The van der Waals surface area contributed by atoms with Crippen molar-refractivity contribution < 1.29 is 0 Å². The summed E-state index contributed by atoms with van der Waals surface area (Å²) in [6, 6.07) is 14.2. The van der Waals surface area contributed by atoms with Gasteiger partial charge in [0.1, 0.15) is 5.71 Å². The van der Waals surface area contributed by atoms with E-state index >= 15 is 0 Å². The average Bonchev–Trinajstić information content (AvgIpc) is 2.55. The van der Waals surface area contributed by atoms with Crippen molar-refractivity contribution in [2.75, 3.05) is 14.1 Å². The van der Waals surface area contributed by atoms with Crippen LogP contribution >= 0.6 is 12.2 Å². The molecule has 2 aromatic rings. The molecule has 1 heterocycles. The molecule has 0 aliphatic rings. The van der Waals surface area contributed by atoms with Crippen LogP contribution in [0.25, 0.3) is 0 Å². The molecule has 0 fully saturated rings. The van der Waals surface area contributed by atoms with Gasteiger partial charge in [-0.1, -0.05) is 51.1 Å². The summed E-state index contributed by atoms with van der Waals surface area (Å²) < 4.78 is 0. The first-order chi connectivity index (χ1) is 11.3. The third-order valence-electron chi connectivity index (χ3n) is 3.60. The van der Waals surface area contributed by atoms with Gasteiger partial charge in [0.2, 0.25) is 0 Å². The van der Waals surface area contributed by atoms with Crippen LogP contribution in [0.4, 0.5) is 0 Å². The van der Waals surface area contributed by atoms with E-state index in [0.717, 1.165) is 17.0 Å². The zero-order valence-corrected chi connectivity index (χ0v) is 15.7. The van der Waals surface area contributed by atoms with Crippen LogP contribution in [-0.4, -0.2) is 34.8 Å². The molecule has 0 saturated heterocycles. The molecular weight excluding hydrogens is 316 g/mol. The Kier molecular flexibility index (Phi) is 5.67. The normalized spacial score (nSPS) is 12.0. The van der Waals surface area contributed by atoms with Crippen LogP contribution in [0.1, 0.15) is 37.6 Å². The smallest absolute Gasteiger partial charge is 0.189 e. The van der Waals surface area contributed by atoms with E-state index in [9.17, 15) is 0 Å². The lowest BCUT2D eigenvalue weighted by molar-refractivity contribution is 0.590. The SMILES string of the molecule is CN(C)C(=S)N/N=C(\c1ccc(C(C)(C)C)cc1)c1ccccn1. The van der Waals surface area contributed by atoms with Crippen molar-refractivity contribution in [2.24, 2.45) is 5.10 Å². The summed E-state index contributed by atoms with van der Waals surface area (Å²) in [5.41, 5.74) is 6.89. The molecule has 2 rings (SSSR count). The van der Waals surface area contributed by atoms with Gasteiger partial charge in [-0.05, 0) is 35.3 Å². The fourth-order valence-electron chi connectivity index (χ4n) is 2.10. The molecular formula is C19H24N4S. The first-order valence-electron chi connectivity index (χ1n) is 7.86. The van der Waals surface area contributed by atoms with Gasteiger partial charge < -0.3 is 4.90 Å². The van der Waals surface area contributed by atoms with Gasteiger partial charge in [0.15, 0.2) is 5.11 Å². The first-order valence-corrected chi connectivity index (χ1v) is 8.27. The highest BCUT2D eigenvalue weighted by Gasteiger charge is 2.15. The summed E-state index contributed by atoms with van der Waals surface area (Å²) in [4.78, 5) is 6.22. The van der Waals surface area contributed by atoms with Crippen LogP contribution in [-0.2, 0) is 5.41 Å². The van der Waals surface area contributed by atoms with Crippen molar-refractivity contribution in [2.45, 2.75) is 26.2 Å². The number of thiocarbonyl (C=S) groups is 1. The lowest BCUT2D eigenvalue weighted by atomic mass is 9.86. The van der Waals surface area contributed by atoms with E-state index < -0.39 is 0 Å². The second kappa shape index (κ2) is 7.53. The molecule has 0 spiro atoms. The Balaban J connectivity index is 2.39. The molecule has 0 aliphatic carbocycles. The standard InChI is InChI=1S/C19H24N4S/c1-19(2,3)15-11-9-14(10-12-15)17(16-8-6-7-13-20-16)21-22-18(24)23(4)5/h6-13H,1-5H3,(H,22,24)/b21-17+. The van der Waals surface area contributed by atoms with Crippen LogP contribution in [0.2, 0.25) is 0 Å². The van der Waals surface area contributed by atoms with Gasteiger partial charge in [-0.2, -0.15) is 5.10 Å². The summed E-state index contributed by atoms with van der Waals surface area (Å²) in [7, 11) is 3.76. The van der Waals surface area contributed by atoms with Gasteiger partial charge in [-0.3, -0.25) is 10.4 Å². The fraction of sp³-hybridized carbons (Fsp3) is 0.316. The fourth-order valence-corrected chi connectivity index (χ4v) is 2.15. The minimum Gasteiger partial charge on any atom is -0.354 e. The predicted octanol–water partition coefficient (Wildman–Crippen LogP) is 3.57. The second-order valence-corrected chi connectivity index (χ2v) is 7.20. The summed E-state index contributed by atoms with van der Waals surface area (Å²) >= 11 is 5.25. The van der Waals surface area contributed by atoms with E-state index in [-0.39, 0.29) is 5.41 Å². The van der Waals surface area contributed by atoms with Crippen molar-refractivity contribution >= 4 is 23.0 Å². The van der Waals surface area contributed by atoms with Crippen molar-refractivity contribution in [1.82, 2.24) is 15.3 Å². The molecule has 1 N–H and O–H groups in total. The Morgan fingerprint density at radius 1 is 1.08 bits per heavy atom. The molecule has 0 unspecified atom stereocenters. The molecule has 4 nitrogen and oxygen atoms in total. The molecule has 1 aromatic heterocycles. The number of rotatable bonds is 3. The Morgan fingerprint density at radius 3 is 2.25 bits per heavy atom. The third kappa shape index (κ3) is 4.61. The molecule has 0 radical (unpaired) electrons. The highest BCUT2D eigenvalue weighted by atomic mass is 32.1. The lowest BCUT2D eigenvalue weighted by Crippen LogP contribution is -2.31. The molecule has 5 heteroatoms. The number of nitrogens with zero attached hydrogens (tertiary/aromatic N) is 3. The number of aromatic nitrogens is 1. The number of hydrogen-bond donors (Lipinski definition) is 1. The zero-order chi connectivity index (χ0) is 17.7. The van der Waals surface area contributed by atoms with Gasteiger partial charge in [0, 0.05) is 25.9 Å². The van der Waals surface area contributed by atoms with E-state index in [0.29, 0.717) is 5.11 Å². The van der Waals surface area contributed by atoms with Gasteiger partial charge in [-0.15, -0.1) is 0 Å². The van der Waals surface area contributed by atoms with E-state index in [4.69, 9.17) is 12.2 Å². The molecule has 24 heavy (non-hydrogen) atoms. The topological polar surface area (TPSA) is 40.5 Å². The summed E-state index contributed by atoms with van der Waals surface area (Å²) in [6.45, 7) is 6.60. The van der Waals surface area contributed by atoms with Crippen LogP contribution < -0.4 is 5.43 Å². The first kappa shape index (κ1) is 18.1. The maximum atomic E-state index is 5.25. The molecule has 0 bridgehead atoms. The number of hydrogen-bond acceptors (Lipinski definition) is 3. The number of hydrazone groups is 1. The quantitative estimate of drug-likeness (QED) is 0.527. The molecule has 0 amide bonds. The summed E-state index contributed by atoms with van der Waals surface area (Å²) in [5.74, 6) is 0. The number of nitrogens with one attached hydrogen (secondary N) is 1. The summed E-state index contributed by atoms with van der Waals surface area (Å²) in [5, 5.41) is 5.05. The van der Waals surface area contributed by atoms with E-state index in [1.54, 1.807) is 11.1 Å². The van der Waals surface area contributed by atoms with E-state index in [1.165, 1.54) is 5.56 Å². The monoisotopic (exact) mass is 340 g/mol. The van der Waals surface area contributed by atoms with Crippen molar-refractivity contribution in [3.63, 3.8) is 0 Å². The van der Waals surface area contributed by atoms with Gasteiger partial charge in [-0.25, -0.2) is 0 Å². The van der Waals surface area contributed by atoms with Crippen LogP contribution in [0.3, 0.4) is 0 Å². The minimum absolute atomic E-state index is 0.117. The van der Waals surface area contributed by atoms with Crippen LogP contribution in [0, 0.1) is 0 Å². The largest absolute Gasteiger partial charge is 0.354 e. The molecule has 1 aromatic carbocycles. The summed E-state index contributed by atoms with van der Waals surface area (Å²) in [6.07, 6.45) is 1.76. The second-order valence-electron chi connectivity index (χ2n) is 6.81. The average molecular weight is 340 g/mol. The van der Waals surface area contributed by atoms with Gasteiger partial charge >= 0.3 is 0 Å². The lowest BCUT2D eigenvalue weighted by Gasteiger charge is -2.19. The minimum atomic E-state index is 0.117. The van der Waals surface area contributed by atoms with E-state index in [1.807, 2.05) is 32.3 Å². The van der Waals surface area contributed by atoms with Crippen LogP contribution in [0.5, 0.6) is 0 Å². The molecule has 126 valence electrons. The van der Waals surface area contributed by atoms with Gasteiger partial charge in [0.25, 0.3) is 0 Å². The van der Waals surface area contributed by atoms with E-state index in [2.05, 4.69) is 60.5 Å². The highest BCUT2D eigenvalue weighted by Crippen LogP contribution is 2.22. The van der Waals surface area contributed by atoms with Gasteiger partial charge in [0.05, 0.1) is 5.69 Å². The predicted molar refractivity (Wildman–Crippen MR) is 104 cm³/mol. The Labute approximate surface area is 149 Å². The van der Waals surface area contributed by atoms with Crippen molar-refractivity contribution in [1.29, 1.82) is 0 Å². The Bertz CT molecular complexity index is 713. The molecule has 0 atom stereocenters. The maximum Gasteiger partial charge on any atom is 0.189 e. The maximum absolute atomic E-state index is 5.25. The number of benzene rings is 1. The Morgan fingerprint density at radius 2 is 1.75 bits per heavy atom. The van der Waals surface area contributed by atoms with Crippen molar-refractivity contribution in [3.8, 4) is 0 Å². The molecule has 0 aliphatic heterocycles. The van der Waals surface area contributed by atoms with Crippen LogP contribution in [0.15, 0.2) is 53.8 Å². The highest BCUT2D eigenvalue weighted by molar-refractivity contribution is 7.80. The third-order valence-corrected chi connectivity index (χ3v) is 4.06.